The van der Waals surface area contributed by atoms with E-state index in [1.165, 1.54) is 0 Å². The molecule has 1 aliphatic rings. The highest BCUT2D eigenvalue weighted by Gasteiger charge is 2.19. The van der Waals surface area contributed by atoms with Crippen LogP contribution in [-0.4, -0.2) is 34.1 Å². The number of halogens is 1. The normalized spacial score (nSPS) is 20.9. The van der Waals surface area contributed by atoms with E-state index in [0.29, 0.717) is 29.1 Å². The van der Waals surface area contributed by atoms with Crippen LogP contribution in [0.1, 0.15) is 41.0 Å². The van der Waals surface area contributed by atoms with Crippen LogP contribution in [0.4, 0.5) is 11.8 Å². The summed E-state index contributed by atoms with van der Waals surface area (Å²) in [4.78, 5) is 8.60. The van der Waals surface area contributed by atoms with E-state index in [1.54, 1.807) is 6.20 Å². The number of fused-ring (bicyclic) bond motifs is 2. The maximum atomic E-state index is 8.25. The second-order valence-electron chi connectivity index (χ2n) is 6.90. The first-order valence-corrected chi connectivity index (χ1v) is 8.30. The molecule has 2 heterocycles. The zero-order valence-electron chi connectivity index (χ0n) is 14.7. The van der Waals surface area contributed by atoms with Crippen molar-refractivity contribution in [2.45, 2.75) is 52.6 Å². The van der Waals surface area contributed by atoms with Gasteiger partial charge in [-0.15, -0.1) is 0 Å². The second-order valence-corrected chi connectivity index (χ2v) is 7.31. The molecule has 0 aromatic carbocycles. The summed E-state index contributed by atoms with van der Waals surface area (Å²) in [6.45, 7) is 10.5. The molecule has 0 aliphatic carbocycles. The van der Waals surface area contributed by atoms with Crippen LogP contribution in [0.2, 0.25) is 5.02 Å². The van der Waals surface area contributed by atoms with Crippen LogP contribution in [0.15, 0.2) is 17.6 Å². The van der Waals surface area contributed by atoms with E-state index in [0.717, 1.165) is 12.1 Å². The van der Waals surface area contributed by atoms with Gasteiger partial charge in [0.15, 0.2) is 5.82 Å². The zero-order valence-corrected chi connectivity index (χ0v) is 15.5. The van der Waals surface area contributed by atoms with Crippen LogP contribution in [-0.2, 0) is 4.74 Å². The monoisotopic (exact) mass is 352 g/mol. The summed E-state index contributed by atoms with van der Waals surface area (Å²) in [6, 6.07) is 0.109. The number of hydrogen-bond acceptors (Lipinski definition) is 7. The average Bonchev–Trinajstić information content (AvgIpc) is 2.47. The van der Waals surface area contributed by atoms with Crippen molar-refractivity contribution in [3.63, 3.8) is 0 Å². The third-order valence-electron chi connectivity index (χ3n) is 3.33. The zero-order chi connectivity index (χ0) is 17.9. The van der Waals surface area contributed by atoms with Crippen LogP contribution in [0.3, 0.4) is 0 Å². The number of nitrogens with one attached hydrogen (secondary N) is 4. The molecule has 4 N–H and O–H groups in total. The third-order valence-corrected chi connectivity index (χ3v) is 3.60. The average molecular weight is 353 g/mol. The van der Waals surface area contributed by atoms with E-state index >= 15 is 0 Å². The van der Waals surface area contributed by atoms with Gasteiger partial charge in [-0.05, 0) is 34.6 Å². The Morgan fingerprint density at radius 1 is 1.46 bits per heavy atom. The van der Waals surface area contributed by atoms with E-state index in [-0.39, 0.29) is 17.5 Å². The summed E-state index contributed by atoms with van der Waals surface area (Å²) in [5, 5.41) is 18.4. The number of anilines is 2. The lowest BCUT2D eigenvalue weighted by molar-refractivity contribution is 0.289. The van der Waals surface area contributed by atoms with Crippen molar-refractivity contribution in [1.29, 1.82) is 5.41 Å². The van der Waals surface area contributed by atoms with Gasteiger partial charge in [0, 0.05) is 23.7 Å². The molecule has 0 fully saturated rings. The number of nitrogens with zero attached hydrogens (tertiary/aromatic N) is 2. The SMILES string of the molecule is C/C(NC(C)(C)C)=C1\Nc2ncc(Cl)c(n2)N[C@H](C)CCOC1=N. The Balaban J connectivity index is 2.41. The fourth-order valence-corrected chi connectivity index (χ4v) is 2.45. The van der Waals surface area contributed by atoms with Gasteiger partial charge in [0.2, 0.25) is 11.8 Å². The summed E-state index contributed by atoms with van der Waals surface area (Å²) in [6.07, 6.45) is 2.26. The molecule has 0 radical (unpaired) electrons. The molecule has 0 spiro atoms. The molecule has 0 unspecified atom stereocenters. The van der Waals surface area contributed by atoms with Gasteiger partial charge in [-0.2, -0.15) is 4.98 Å². The van der Waals surface area contributed by atoms with Gasteiger partial charge in [-0.25, -0.2) is 4.98 Å². The first-order chi connectivity index (χ1) is 11.2. The molecule has 2 rings (SSSR count). The smallest absolute Gasteiger partial charge is 0.232 e. The minimum atomic E-state index is -0.146. The van der Waals surface area contributed by atoms with E-state index in [4.69, 9.17) is 21.7 Å². The Morgan fingerprint density at radius 3 is 2.83 bits per heavy atom. The summed E-state index contributed by atoms with van der Waals surface area (Å²) in [7, 11) is 0. The quantitative estimate of drug-likeness (QED) is 0.619. The van der Waals surface area contributed by atoms with Crippen molar-refractivity contribution in [2.75, 3.05) is 17.2 Å². The molecule has 8 heteroatoms. The van der Waals surface area contributed by atoms with Gasteiger partial charge < -0.3 is 20.7 Å². The van der Waals surface area contributed by atoms with Crippen molar-refractivity contribution in [3.05, 3.63) is 22.6 Å². The van der Waals surface area contributed by atoms with Gasteiger partial charge in [0.05, 0.1) is 12.8 Å². The summed E-state index contributed by atoms with van der Waals surface area (Å²) < 4.78 is 5.59. The molecule has 1 aliphatic heterocycles. The maximum absolute atomic E-state index is 8.25. The van der Waals surface area contributed by atoms with Crippen molar-refractivity contribution in [2.24, 2.45) is 0 Å². The highest BCUT2D eigenvalue weighted by Crippen LogP contribution is 2.22. The van der Waals surface area contributed by atoms with E-state index in [9.17, 15) is 0 Å². The van der Waals surface area contributed by atoms with E-state index in [2.05, 4.69) is 46.7 Å². The first-order valence-electron chi connectivity index (χ1n) is 7.92. The first kappa shape index (κ1) is 18.3. The highest BCUT2D eigenvalue weighted by molar-refractivity contribution is 6.32. The predicted molar refractivity (Wildman–Crippen MR) is 97.6 cm³/mol. The molecule has 0 amide bonds. The largest absolute Gasteiger partial charge is 0.476 e. The number of allylic oxidation sites excluding steroid dienone is 1. The molecular weight excluding hydrogens is 328 g/mol. The molecular formula is C16H25ClN6O. The molecule has 1 atom stereocenters. The highest BCUT2D eigenvalue weighted by atomic mass is 35.5. The van der Waals surface area contributed by atoms with Gasteiger partial charge in [0.25, 0.3) is 0 Å². The number of rotatable bonds is 1. The lowest BCUT2D eigenvalue weighted by Gasteiger charge is -2.25. The Hall–Kier alpha value is -2.02. The lowest BCUT2D eigenvalue weighted by Crippen LogP contribution is -2.36. The standard InChI is InChI=1S/C16H25ClN6O/c1-9-6-7-24-13(18)12(10(2)23-16(3,4)5)21-15-19-8-11(17)14(20-9)22-15/h8-9,18,23H,6-7H2,1-5H3,(H2,19,20,21,22)/b12-10+,18-13?/t9-/m1/s1. The Kier molecular flexibility index (Phi) is 5.54. The Labute approximate surface area is 147 Å². The van der Waals surface area contributed by atoms with Crippen molar-refractivity contribution >= 4 is 29.3 Å². The van der Waals surface area contributed by atoms with Crippen molar-refractivity contribution in [3.8, 4) is 0 Å². The van der Waals surface area contributed by atoms with Crippen molar-refractivity contribution in [1.82, 2.24) is 15.3 Å². The van der Waals surface area contributed by atoms with Crippen LogP contribution in [0, 0.1) is 5.41 Å². The molecule has 132 valence electrons. The van der Waals surface area contributed by atoms with Crippen molar-refractivity contribution < 1.29 is 4.74 Å². The summed E-state index contributed by atoms with van der Waals surface area (Å²) >= 11 is 6.16. The number of ether oxygens (including phenoxy) is 1. The number of aromatic nitrogens is 2. The van der Waals surface area contributed by atoms with Gasteiger partial charge >= 0.3 is 0 Å². The molecule has 1 aromatic rings. The second kappa shape index (κ2) is 7.25. The molecule has 0 saturated carbocycles. The van der Waals surface area contributed by atoms with Gasteiger partial charge in [-0.1, -0.05) is 11.6 Å². The Bertz CT molecular complexity index is 652. The van der Waals surface area contributed by atoms with E-state index in [1.807, 2.05) is 13.8 Å². The fourth-order valence-electron chi connectivity index (χ4n) is 2.30. The fraction of sp³-hybridized carbons (Fsp3) is 0.562. The minimum absolute atomic E-state index is 0.0541. The Morgan fingerprint density at radius 2 is 2.17 bits per heavy atom. The minimum Gasteiger partial charge on any atom is -0.476 e. The topological polar surface area (TPSA) is 95.0 Å². The summed E-state index contributed by atoms with van der Waals surface area (Å²) in [5.74, 6) is 0.976. The van der Waals surface area contributed by atoms with Gasteiger partial charge in [-0.3, -0.25) is 5.41 Å². The third kappa shape index (κ3) is 4.99. The molecule has 24 heavy (non-hydrogen) atoms. The van der Waals surface area contributed by atoms with Gasteiger partial charge in [0.1, 0.15) is 10.7 Å². The molecule has 0 saturated heterocycles. The summed E-state index contributed by atoms with van der Waals surface area (Å²) in [5.41, 5.74) is 1.15. The number of hydrogen-bond donors (Lipinski definition) is 4. The van der Waals surface area contributed by atoms with Crippen LogP contribution >= 0.6 is 11.6 Å². The van der Waals surface area contributed by atoms with Crippen LogP contribution < -0.4 is 16.0 Å². The van der Waals surface area contributed by atoms with Crippen LogP contribution in [0.5, 0.6) is 0 Å². The lowest BCUT2D eigenvalue weighted by atomic mass is 10.1. The maximum Gasteiger partial charge on any atom is 0.232 e. The molecule has 1 aromatic heterocycles. The molecule has 2 bridgehead atoms. The molecule has 7 nitrogen and oxygen atoms in total. The van der Waals surface area contributed by atoms with Crippen LogP contribution in [0.25, 0.3) is 0 Å². The van der Waals surface area contributed by atoms with E-state index < -0.39 is 0 Å². The predicted octanol–water partition coefficient (Wildman–Crippen LogP) is 3.36.